The predicted octanol–water partition coefficient (Wildman–Crippen LogP) is 3.70. The van der Waals surface area contributed by atoms with Crippen LogP contribution in [0, 0.1) is 0 Å². The summed E-state index contributed by atoms with van der Waals surface area (Å²) in [4.78, 5) is 24.2. The molecule has 0 bridgehead atoms. The maximum absolute atomic E-state index is 12.2. The van der Waals surface area contributed by atoms with Crippen LogP contribution in [-0.4, -0.2) is 25.4 Å². The van der Waals surface area contributed by atoms with Gasteiger partial charge in [0.25, 0.3) is 0 Å². The monoisotopic (exact) mass is 378 g/mol. The highest BCUT2D eigenvalue weighted by Crippen LogP contribution is 2.24. The average Bonchev–Trinajstić information content (AvgIpc) is 2.62. The molecule has 0 saturated carbocycles. The van der Waals surface area contributed by atoms with Gasteiger partial charge in [-0.1, -0.05) is 0 Å². The largest absolute Gasteiger partial charge is 0.497 e. The van der Waals surface area contributed by atoms with E-state index < -0.39 is 0 Å². The lowest BCUT2D eigenvalue weighted by molar-refractivity contribution is -0.116. The molecule has 0 spiro atoms. The smallest absolute Gasteiger partial charge is 0.224 e. The first-order valence-corrected chi connectivity index (χ1v) is 8.03. The van der Waals surface area contributed by atoms with E-state index in [1.807, 2.05) is 6.92 Å². The zero-order valence-electron chi connectivity index (χ0n) is 14.8. The first kappa shape index (κ1) is 21.3. The fraction of sp³-hybridized carbons (Fsp3) is 0.263. The summed E-state index contributed by atoms with van der Waals surface area (Å²) in [5.74, 6) is 0.927. The number of amides is 1. The van der Waals surface area contributed by atoms with Gasteiger partial charge in [0.1, 0.15) is 11.5 Å². The number of ketones is 1. The zero-order chi connectivity index (χ0) is 18.2. The van der Waals surface area contributed by atoms with Crippen molar-refractivity contribution in [3.8, 4) is 11.5 Å². The molecule has 2 aromatic carbocycles. The number of nitrogen functional groups attached to an aromatic ring is 1. The Balaban J connectivity index is 0.00000338. The molecule has 0 atom stereocenters. The molecule has 0 saturated heterocycles. The Morgan fingerprint density at radius 2 is 1.69 bits per heavy atom. The number of anilines is 2. The van der Waals surface area contributed by atoms with Gasteiger partial charge in [-0.15, -0.1) is 12.4 Å². The van der Waals surface area contributed by atoms with Gasteiger partial charge < -0.3 is 20.5 Å². The standard InChI is InChI=1S/C19H22N2O4.ClH/c1-3-25-14-6-4-13(5-7-14)18(22)10-11-19(23)21-17-12-15(24-2)8-9-16(17)20;/h4-9,12H,3,10-11,20H2,1-2H3,(H,21,23);1H. The molecule has 7 heteroatoms. The van der Waals surface area contributed by atoms with Gasteiger partial charge in [0.15, 0.2) is 5.78 Å². The molecule has 0 aromatic heterocycles. The number of rotatable bonds is 8. The minimum atomic E-state index is -0.278. The SMILES string of the molecule is CCOc1ccc(C(=O)CCC(=O)Nc2cc(OC)ccc2N)cc1.Cl. The van der Waals surface area contributed by atoms with Crippen molar-refractivity contribution >= 4 is 35.5 Å². The molecule has 0 aliphatic heterocycles. The molecule has 0 aliphatic rings. The van der Waals surface area contributed by atoms with Gasteiger partial charge in [-0.3, -0.25) is 9.59 Å². The first-order valence-electron chi connectivity index (χ1n) is 8.03. The molecule has 3 N–H and O–H groups in total. The van der Waals surface area contributed by atoms with Crippen molar-refractivity contribution < 1.29 is 19.1 Å². The molecule has 0 fully saturated rings. The Morgan fingerprint density at radius 3 is 2.31 bits per heavy atom. The highest BCUT2D eigenvalue weighted by molar-refractivity contribution is 6.00. The maximum atomic E-state index is 12.2. The lowest BCUT2D eigenvalue weighted by Crippen LogP contribution is -2.14. The van der Waals surface area contributed by atoms with E-state index in [1.165, 1.54) is 7.11 Å². The van der Waals surface area contributed by atoms with Crippen molar-refractivity contribution in [2.75, 3.05) is 24.8 Å². The molecule has 26 heavy (non-hydrogen) atoms. The second-order valence-electron chi connectivity index (χ2n) is 5.38. The highest BCUT2D eigenvalue weighted by atomic mass is 35.5. The van der Waals surface area contributed by atoms with Crippen molar-refractivity contribution in [1.29, 1.82) is 0 Å². The van der Waals surface area contributed by atoms with Crippen molar-refractivity contribution in [3.05, 3.63) is 48.0 Å². The Labute approximate surface area is 159 Å². The summed E-state index contributed by atoms with van der Waals surface area (Å²) in [7, 11) is 1.53. The molecule has 2 aromatic rings. The minimum absolute atomic E-state index is 0. The number of halogens is 1. The minimum Gasteiger partial charge on any atom is -0.497 e. The van der Waals surface area contributed by atoms with E-state index in [0.29, 0.717) is 35.0 Å². The van der Waals surface area contributed by atoms with Crippen molar-refractivity contribution in [2.45, 2.75) is 19.8 Å². The number of benzene rings is 2. The summed E-state index contributed by atoms with van der Waals surface area (Å²) >= 11 is 0. The number of carbonyl (C=O) groups excluding carboxylic acids is 2. The summed E-state index contributed by atoms with van der Waals surface area (Å²) in [5.41, 5.74) is 7.29. The molecule has 0 unspecified atom stereocenters. The van der Waals surface area contributed by atoms with E-state index in [9.17, 15) is 9.59 Å². The number of nitrogens with one attached hydrogen (secondary N) is 1. The lowest BCUT2D eigenvalue weighted by Gasteiger charge is -2.10. The van der Waals surface area contributed by atoms with Crippen LogP contribution in [0.3, 0.4) is 0 Å². The number of hydrogen-bond acceptors (Lipinski definition) is 5. The second kappa shape index (κ2) is 10.3. The van der Waals surface area contributed by atoms with Crippen molar-refractivity contribution in [3.63, 3.8) is 0 Å². The maximum Gasteiger partial charge on any atom is 0.224 e. The molecule has 2 rings (SSSR count). The summed E-state index contributed by atoms with van der Waals surface area (Å²) in [6, 6.07) is 11.9. The third kappa shape index (κ3) is 5.97. The summed E-state index contributed by atoms with van der Waals surface area (Å²) in [6.07, 6.45) is 0.187. The van der Waals surface area contributed by atoms with Gasteiger partial charge in [0, 0.05) is 24.5 Å². The van der Waals surface area contributed by atoms with E-state index in [1.54, 1.807) is 42.5 Å². The number of Topliss-reactive ketones (excluding diaryl/α,β-unsaturated/α-hetero) is 1. The lowest BCUT2D eigenvalue weighted by atomic mass is 10.1. The Bertz CT molecular complexity index is 748. The predicted molar refractivity (Wildman–Crippen MR) is 104 cm³/mol. The topological polar surface area (TPSA) is 90.7 Å². The van der Waals surface area contributed by atoms with Crippen molar-refractivity contribution in [2.24, 2.45) is 0 Å². The first-order chi connectivity index (χ1) is 12.0. The molecule has 0 aliphatic carbocycles. The van der Waals surface area contributed by atoms with Crippen LogP contribution in [0.15, 0.2) is 42.5 Å². The Kier molecular flexibility index (Phi) is 8.45. The fourth-order valence-corrected chi connectivity index (χ4v) is 2.26. The van der Waals surface area contributed by atoms with E-state index in [-0.39, 0.29) is 36.9 Å². The van der Waals surface area contributed by atoms with Crippen LogP contribution in [0.2, 0.25) is 0 Å². The Morgan fingerprint density at radius 1 is 1.04 bits per heavy atom. The summed E-state index contributed by atoms with van der Waals surface area (Å²) < 4.78 is 10.4. The van der Waals surface area contributed by atoms with E-state index >= 15 is 0 Å². The van der Waals surface area contributed by atoms with Crippen LogP contribution < -0.4 is 20.5 Å². The van der Waals surface area contributed by atoms with E-state index in [4.69, 9.17) is 15.2 Å². The number of nitrogens with two attached hydrogens (primary N) is 1. The fourth-order valence-electron chi connectivity index (χ4n) is 2.26. The van der Waals surface area contributed by atoms with Crippen LogP contribution in [0.25, 0.3) is 0 Å². The molecular formula is C19H23ClN2O4. The van der Waals surface area contributed by atoms with Crippen LogP contribution >= 0.6 is 12.4 Å². The summed E-state index contributed by atoms with van der Waals surface area (Å²) in [5, 5.41) is 2.70. The normalized spacial score (nSPS) is 9.77. The van der Waals surface area contributed by atoms with Crippen LogP contribution in [0.4, 0.5) is 11.4 Å². The molecular weight excluding hydrogens is 356 g/mol. The Hall–Kier alpha value is -2.73. The van der Waals surface area contributed by atoms with Crippen LogP contribution in [0.5, 0.6) is 11.5 Å². The van der Waals surface area contributed by atoms with E-state index in [0.717, 1.165) is 0 Å². The van der Waals surface area contributed by atoms with Gasteiger partial charge in [0.2, 0.25) is 5.91 Å². The van der Waals surface area contributed by atoms with Gasteiger partial charge in [-0.2, -0.15) is 0 Å². The van der Waals surface area contributed by atoms with Gasteiger partial charge >= 0.3 is 0 Å². The molecule has 0 heterocycles. The summed E-state index contributed by atoms with van der Waals surface area (Å²) in [6.45, 7) is 2.47. The molecule has 1 amide bonds. The van der Waals surface area contributed by atoms with Crippen LogP contribution in [-0.2, 0) is 4.79 Å². The average molecular weight is 379 g/mol. The van der Waals surface area contributed by atoms with Gasteiger partial charge in [-0.25, -0.2) is 0 Å². The zero-order valence-corrected chi connectivity index (χ0v) is 15.6. The van der Waals surface area contributed by atoms with Gasteiger partial charge in [0.05, 0.1) is 25.1 Å². The molecule has 140 valence electrons. The number of methoxy groups -OCH3 is 1. The third-order valence-electron chi connectivity index (χ3n) is 3.60. The third-order valence-corrected chi connectivity index (χ3v) is 3.60. The number of ether oxygens (including phenoxy) is 2. The van der Waals surface area contributed by atoms with Crippen molar-refractivity contribution in [1.82, 2.24) is 0 Å². The second-order valence-corrected chi connectivity index (χ2v) is 5.38. The number of carbonyl (C=O) groups is 2. The molecule has 0 radical (unpaired) electrons. The van der Waals surface area contributed by atoms with Crippen LogP contribution in [0.1, 0.15) is 30.1 Å². The van der Waals surface area contributed by atoms with E-state index in [2.05, 4.69) is 5.32 Å². The van der Waals surface area contributed by atoms with Gasteiger partial charge in [-0.05, 0) is 43.3 Å². The quantitative estimate of drug-likeness (QED) is 0.540. The number of hydrogen-bond donors (Lipinski definition) is 2. The highest BCUT2D eigenvalue weighted by Gasteiger charge is 2.11. The molecule has 6 nitrogen and oxygen atoms in total.